The highest BCUT2D eigenvalue weighted by Gasteiger charge is 2.18. The molecule has 0 aromatic heterocycles. The zero-order valence-corrected chi connectivity index (χ0v) is 8.32. The molecule has 0 fully saturated rings. The lowest BCUT2D eigenvalue weighted by atomic mass is 10.0. The van der Waals surface area contributed by atoms with E-state index in [2.05, 4.69) is 10.1 Å². The Kier molecular flexibility index (Phi) is 4.11. The fourth-order valence-electron chi connectivity index (χ4n) is 1.41. The van der Waals surface area contributed by atoms with Crippen LogP contribution >= 0.6 is 0 Å². The molecule has 76 valence electrons. The van der Waals surface area contributed by atoms with E-state index >= 15 is 0 Å². The maximum absolute atomic E-state index is 8.79. The van der Waals surface area contributed by atoms with E-state index in [0.29, 0.717) is 18.6 Å². The second-order valence-corrected chi connectivity index (χ2v) is 3.09. The molecule has 0 aromatic carbocycles. The van der Waals surface area contributed by atoms with Crippen LogP contribution in [0.25, 0.3) is 5.53 Å². The number of nitrogens with one attached hydrogen (secondary N) is 1. The van der Waals surface area contributed by atoms with Crippen LogP contribution in [0.2, 0.25) is 0 Å². The SMILES string of the molecule is CCNC1=CC(CCO)=CCC1=[N+]=[N-]. The zero-order valence-electron chi connectivity index (χ0n) is 8.32. The summed E-state index contributed by atoms with van der Waals surface area (Å²) < 4.78 is 0. The molecule has 0 unspecified atom stereocenters. The van der Waals surface area contributed by atoms with Gasteiger partial charge in [0, 0.05) is 13.2 Å². The maximum atomic E-state index is 8.79. The molecule has 4 heteroatoms. The fraction of sp³-hybridized carbons (Fsp3) is 0.500. The molecule has 0 amide bonds. The lowest BCUT2D eigenvalue weighted by molar-refractivity contribution is -0.00702. The minimum atomic E-state index is 0.146. The van der Waals surface area contributed by atoms with Gasteiger partial charge in [-0.25, -0.2) is 0 Å². The highest BCUT2D eigenvalue weighted by atomic mass is 16.2. The minimum Gasteiger partial charge on any atom is -0.396 e. The molecule has 2 N–H and O–H groups in total. The third-order valence-electron chi connectivity index (χ3n) is 2.09. The summed E-state index contributed by atoms with van der Waals surface area (Å²) in [6.07, 6.45) is 5.14. The third-order valence-corrected chi connectivity index (χ3v) is 2.09. The first-order chi connectivity index (χ1) is 6.81. The summed E-state index contributed by atoms with van der Waals surface area (Å²) in [6, 6.07) is 0. The molecular weight excluding hydrogens is 178 g/mol. The Morgan fingerprint density at radius 3 is 3.00 bits per heavy atom. The van der Waals surface area contributed by atoms with Crippen LogP contribution in [0.4, 0.5) is 0 Å². The smallest absolute Gasteiger partial charge is 0.318 e. The summed E-state index contributed by atoms with van der Waals surface area (Å²) in [4.78, 5) is 3.22. The van der Waals surface area contributed by atoms with Crippen molar-refractivity contribution < 1.29 is 9.90 Å². The van der Waals surface area contributed by atoms with Gasteiger partial charge < -0.3 is 16.0 Å². The van der Waals surface area contributed by atoms with Crippen LogP contribution in [0.1, 0.15) is 19.8 Å². The minimum absolute atomic E-state index is 0.146. The summed E-state index contributed by atoms with van der Waals surface area (Å²) in [5.74, 6) is 0. The molecule has 0 saturated heterocycles. The molecule has 4 nitrogen and oxygen atoms in total. The molecule has 1 aliphatic carbocycles. The van der Waals surface area contributed by atoms with E-state index in [4.69, 9.17) is 10.6 Å². The van der Waals surface area contributed by atoms with E-state index < -0.39 is 0 Å². The van der Waals surface area contributed by atoms with Gasteiger partial charge in [-0.05, 0) is 25.0 Å². The van der Waals surface area contributed by atoms with Gasteiger partial charge in [-0.1, -0.05) is 6.08 Å². The summed E-state index contributed by atoms with van der Waals surface area (Å²) >= 11 is 0. The van der Waals surface area contributed by atoms with E-state index in [-0.39, 0.29) is 6.61 Å². The monoisotopic (exact) mass is 193 g/mol. The van der Waals surface area contributed by atoms with Crippen molar-refractivity contribution >= 4 is 5.71 Å². The Morgan fingerprint density at radius 2 is 2.43 bits per heavy atom. The van der Waals surface area contributed by atoms with Gasteiger partial charge in [0.1, 0.15) is 5.70 Å². The first kappa shape index (κ1) is 10.7. The van der Waals surface area contributed by atoms with Crippen molar-refractivity contribution in [2.24, 2.45) is 0 Å². The molecule has 0 atom stereocenters. The van der Waals surface area contributed by atoms with Gasteiger partial charge >= 0.3 is 5.71 Å². The number of allylic oxidation sites excluding steroid dienone is 3. The fourth-order valence-corrected chi connectivity index (χ4v) is 1.41. The largest absolute Gasteiger partial charge is 0.396 e. The van der Waals surface area contributed by atoms with Gasteiger partial charge in [0.2, 0.25) is 0 Å². The Hall–Kier alpha value is -1.38. The van der Waals surface area contributed by atoms with Gasteiger partial charge in [0.25, 0.3) is 0 Å². The maximum Gasteiger partial charge on any atom is 0.318 e. The van der Waals surface area contributed by atoms with E-state index in [9.17, 15) is 0 Å². The number of aliphatic hydroxyl groups excluding tert-OH is 1. The van der Waals surface area contributed by atoms with Crippen molar-refractivity contribution in [1.29, 1.82) is 0 Å². The van der Waals surface area contributed by atoms with Crippen LogP contribution in [0.15, 0.2) is 23.4 Å². The van der Waals surface area contributed by atoms with Gasteiger partial charge in [-0.3, -0.25) is 0 Å². The standard InChI is InChI=1S/C10H15N3O/c1-2-12-10-7-8(5-6-14)3-4-9(10)13-11/h3,7,12,14H,2,4-6H2,1H3. The summed E-state index contributed by atoms with van der Waals surface area (Å²) in [5, 5.41) is 11.9. The second-order valence-electron chi connectivity index (χ2n) is 3.09. The van der Waals surface area contributed by atoms with Gasteiger partial charge in [-0.15, -0.1) is 0 Å². The average Bonchev–Trinajstić information content (AvgIpc) is 2.19. The van der Waals surface area contributed by atoms with Crippen molar-refractivity contribution in [3.05, 3.63) is 29.0 Å². The molecule has 14 heavy (non-hydrogen) atoms. The molecular formula is C10H15N3O. The van der Waals surface area contributed by atoms with E-state index in [1.54, 1.807) is 0 Å². The molecule has 0 saturated carbocycles. The molecule has 0 bridgehead atoms. The van der Waals surface area contributed by atoms with Crippen LogP contribution in [0.3, 0.4) is 0 Å². The number of rotatable bonds is 4. The van der Waals surface area contributed by atoms with E-state index in [1.807, 2.05) is 19.1 Å². The predicted octanol–water partition coefficient (Wildman–Crippen LogP) is 0.863. The Morgan fingerprint density at radius 1 is 1.64 bits per heavy atom. The first-order valence-corrected chi connectivity index (χ1v) is 4.78. The normalized spacial score (nSPS) is 15.7. The van der Waals surface area contributed by atoms with Crippen LogP contribution < -0.4 is 5.32 Å². The van der Waals surface area contributed by atoms with Crippen LogP contribution in [0.5, 0.6) is 0 Å². The van der Waals surface area contributed by atoms with Crippen LogP contribution in [-0.2, 0) is 0 Å². The van der Waals surface area contributed by atoms with Crippen molar-refractivity contribution in [2.75, 3.05) is 13.2 Å². The highest BCUT2D eigenvalue weighted by Crippen LogP contribution is 2.14. The Balaban J connectivity index is 2.81. The molecule has 0 heterocycles. The topological polar surface area (TPSA) is 68.7 Å². The molecule has 1 aliphatic rings. The summed E-state index contributed by atoms with van der Waals surface area (Å²) in [5.41, 5.74) is 11.3. The lowest BCUT2D eigenvalue weighted by Crippen LogP contribution is -2.22. The highest BCUT2D eigenvalue weighted by molar-refractivity contribution is 5.97. The first-order valence-electron chi connectivity index (χ1n) is 4.78. The van der Waals surface area contributed by atoms with Crippen LogP contribution in [-0.4, -0.2) is 28.8 Å². The third kappa shape index (κ3) is 2.55. The average molecular weight is 193 g/mol. The van der Waals surface area contributed by atoms with Gasteiger partial charge in [0.05, 0.1) is 6.42 Å². The van der Waals surface area contributed by atoms with Crippen molar-refractivity contribution in [2.45, 2.75) is 19.8 Å². The van der Waals surface area contributed by atoms with Crippen molar-refractivity contribution in [3.63, 3.8) is 0 Å². The van der Waals surface area contributed by atoms with Gasteiger partial charge in [-0.2, -0.15) is 4.79 Å². The summed E-state index contributed by atoms with van der Waals surface area (Å²) in [6.45, 7) is 2.92. The van der Waals surface area contributed by atoms with Crippen LogP contribution in [0, 0.1) is 0 Å². The quantitative estimate of drug-likeness (QED) is 0.513. The second kappa shape index (κ2) is 5.37. The van der Waals surface area contributed by atoms with E-state index in [0.717, 1.165) is 17.8 Å². The Bertz CT molecular complexity index is 311. The molecule has 1 rings (SSSR count). The van der Waals surface area contributed by atoms with E-state index in [1.165, 1.54) is 0 Å². The van der Waals surface area contributed by atoms with Crippen molar-refractivity contribution in [3.8, 4) is 0 Å². The number of aliphatic hydroxyl groups is 1. The predicted molar refractivity (Wildman–Crippen MR) is 54.8 cm³/mol. The molecule has 0 spiro atoms. The number of hydrogen-bond donors (Lipinski definition) is 2. The molecule has 0 radical (unpaired) electrons. The Labute approximate surface area is 83.6 Å². The number of nitrogens with zero attached hydrogens (tertiary/aromatic N) is 2. The molecule has 0 aliphatic heterocycles. The number of hydrogen-bond acceptors (Lipinski definition) is 2. The van der Waals surface area contributed by atoms with Crippen molar-refractivity contribution in [1.82, 2.24) is 5.32 Å². The lowest BCUT2D eigenvalue weighted by Gasteiger charge is -2.10. The zero-order chi connectivity index (χ0) is 10.4. The van der Waals surface area contributed by atoms with Gasteiger partial charge in [0.15, 0.2) is 0 Å². The molecule has 0 aromatic rings. The summed E-state index contributed by atoms with van der Waals surface area (Å²) in [7, 11) is 0.